The first-order chi connectivity index (χ1) is 17.5. The van der Waals surface area contributed by atoms with E-state index in [2.05, 4.69) is 81.4 Å². The molecule has 180 valence electrons. The maximum absolute atomic E-state index is 5.05. The quantitative estimate of drug-likeness (QED) is 0.230. The third kappa shape index (κ3) is 3.65. The van der Waals surface area contributed by atoms with Crippen LogP contribution in [0.2, 0.25) is 0 Å². The lowest BCUT2D eigenvalue weighted by Crippen LogP contribution is -2.12. The van der Waals surface area contributed by atoms with Gasteiger partial charge in [0.1, 0.15) is 0 Å². The van der Waals surface area contributed by atoms with Crippen molar-refractivity contribution in [1.29, 1.82) is 0 Å². The summed E-state index contributed by atoms with van der Waals surface area (Å²) in [5.74, 6) is 0.834. The van der Waals surface area contributed by atoms with Crippen molar-refractivity contribution in [2.45, 2.75) is 69.1 Å². The Morgan fingerprint density at radius 3 is 2.50 bits per heavy atom. The summed E-state index contributed by atoms with van der Waals surface area (Å²) in [6, 6.07) is 23.0. The van der Waals surface area contributed by atoms with Crippen molar-refractivity contribution >= 4 is 44.1 Å². The fourth-order valence-corrected chi connectivity index (χ4v) is 7.98. The van der Waals surface area contributed by atoms with Gasteiger partial charge in [-0.1, -0.05) is 101 Å². The molecule has 0 radical (unpaired) electrons. The number of hydrogen-bond donors (Lipinski definition) is 0. The van der Waals surface area contributed by atoms with Crippen molar-refractivity contribution in [3.63, 3.8) is 0 Å². The van der Waals surface area contributed by atoms with Crippen LogP contribution in [-0.4, -0.2) is 4.98 Å². The third-order valence-electron chi connectivity index (χ3n) is 8.20. The van der Waals surface area contributed by atoms with E-state index in [4.69, 9.17) is 4.98 Å². The Hall–Kier alpha value is -2.84. The van der Waals surface area contributed by atoms with Gasteiger partial charge in [0, 0.05) is 26.9 Å². The summed E-state index contributed by atoms with van der Waals surface area (Å²) in [6.07, 6.45) is 9.85. The number of nitrogens with zero attached hydrogens (tertiary/aromatic N) is 1. The Kier molecular flexibility index (Phi) is 5.19. The molecule has 1 fully saturated rings. The Bertz CT molecular complexity index is 1650. The maximum Gasteiger partial charge on any atom is 0.0803 e. The highest BCUT2D eigenvalue weighted by atomic mass is 32.2. The van der Waals surface area contributed by atoms with E-state index in [9.17, 15) is 0 Å². The van der Waals surface area contributed by atoms with Gasteiger partial charge in [-0.2, -0.15) is 0 Å². The zero-order chi connectivity index (χ0) is 24.4. The molecule has 0 atom stereocenters. The SMILES string of the molecule is CC(C)(C)Cc1c2c(cc3ccccc13)-c1nccc3c1c(cc1cccc(CC4CCCC4)c13)S2. The molecule has 36 heavy (non-hydrogen) atoms. The van der Waals surface area contributed by atoms with Crippen LogP contribution < -0.4 is 0 Å². The molecule has 1 nitrogen and oxygen atoms in total. The monoisotopic (exact) mass is 487 g/mol. The van der Waals surface area contributed by atoms with Gasteiger partial charge < -0.3 is 0 Å². The first-order valence-electron chi connectivity index (χ1n) is 13.5. The zero-order valence-electron chi connectivity index (χ0n) is 21.5. The van der Waals surface area contributed by atoms with Crippen LogP contribution in [0.25, 0.3) is 43.6 Å². The van der Waals surface area contributed by atoms with E-state index in [-0.39, 0.29) is 5.41 Å². The van der Waals surface area contributed by atoms with Gasteiger partial charge in [-0.15, -0.1) is 0 Å². The lowest BCUT2D eigenvalue weighted by Gasteiger charge is -2.27. The van der Waals surface area contributed by atoms with Gasteiger partial charge in [0.25, 0.3) is 0 Å². The van der Waals surface area contributed by atoms with Gasteiger partial charge in [-0.3, -0.25) is 4.98 Å². The summed E-state index contributed by atoms with van der Waals surface area (Å²) in [5.41, 5.74) is 5.67. The van der Waals surface area contributed by atoms with E-state index >= 15 is 0 Å². The van der Waals surface area contributed by atoms with Crippen molar-refractivity contribution < 1.29 is 0 Å². The average molecular weight is 488 g/mol. The predicted octanol–water partition coefficient (Wildman–Crippen LogP) is 9.99. The molecule has 4 aromatic carbocycles. The second kappa shape index (κ2) is 8.35. The molecule has 0 spiro atoms. The largest absolute Gasteiger partial charge is 0.256 e. The van der Waals surface area contributed by atoms with Gasteiger partial charge >= 0.3 is 0 Å². The van der Waals surface area contributed by atoms with E-state index in [0.29, 0.717) is 0 Å². The van der Waals surface area contributed by atoms with Crippen LogP contribution in [0.1, 0.15) is 57.6 Å². The number of pyridine rings is 1. The fraction of sp³-hybridized carbons (Fsp3) is 0.324. The lowest BCUT2D eigenvalue weighted by molar-refractivity contribution is 0.410. The molecule has 0 saturated heterocycles. The average Bonchev–Trinajstić information content (AvgIpc) is 3.37. The summed E-state index contributed by atoms with van der Waals surface area (Å²) in [6.45, 7) is 7.04. The molecule has 5 aromatic rings. The Balaban J connectivity index is 1.51. The minimum atomic E-state index is 0.205. The maximum atomic E-state index is 5.05. The van der Waals surface area contributed by atoms with E-state index in [1.807, 2.05) is 18.0 Å². The van der Waals surface area contributed by atoms with E-state index in [1.54, 1.807) is 0 Å². The zero-order valence-corrected chi connectivity index (χ0v) is 22.3. The standard InChI is InChI=1S/C34H33NS/c1-34(2,3)20-28-25-14-7-6-11-22(25)18-27-32-31-26(15-16-35-32)30-23(17-21-9-4-5-10-21)12-8-13-24(30)19-29(31)36-33(27)28/h6-8,11-16,18-19,21H,4-5,9-10,17,20H2,1-3H3. The van der Waals surface area contributed by atoms with Crippen molar-refractivity contribution in [3.05, 3.63) is 78.0 Å². The fourth-order valence-electron chi connectivity index (χ4n) is 6.69. The minimum absolute atomic E-state index is 0.205. The molecule has 2 heterocycles. The van der Waals surface area contributed by atoms with Gasteiger partial charge in [0.05, 0.1) is 5.69 Å². The van der Waals surface area contributed by atoms with Crippen LogP contribution >= 0.6 is 11.8 Å². The molecule has 1 aliphatic carbocycles. The predicted molar refractivity (Wildman–Crippen MR) is 155 cm³/mol. The number of aromatic nitrogens is 1. The number of benzene rings is 4. The van der Waals surface area contributed by atoms with Crippen LogP contribution in [-0.2, 0) is 12.8 Å². The minimum Gasteiger partial charge on any atom is -0.256 e. The lowest BCUT2D eigenvalue weighted by atomic mass is 9.84. The first kappa shape index (κ1) is 22.4. The van der Waals surface area contributed by atoms with Crippen molar-refractivity contribution in [1.82, 2.24) is 4.98 Å². The van der Waals surface area contributed by atoms with Crippen LogP contribution in [0.15, 0.2) is 76.7 Å². The molecule has 1 aliphatic heterocycles. The Morgan fingerprint density at radius 2 is 1.67 bits per heavy atom. The molecule has 0 N–H and O–H groups in total. The Morgan fingerprint density at radius 1 is 0.861 bits per heavy atom. The highest BCUT2D eigenvalue weighted by Crippen LogP contribution is 2.52. The molecule has 2 heteroatoms. The first-order valence-corrected chi connectivity index (χ1v) is 14.3. The highest BCUT2D eigenvalue weighted by molar-refractivity contribution is 8.00. The molecule has 7 rings (SSSR count). The molecule has 2 aliphatic rings. The smallest absolute Gasteiger partial charge is 0.0803 e. The van der Waals surface area contributed by atoms with Gasteiger partial charge in [-0.05, 0) is 80.4 Å². The molecule has 0 unspecified atom stereocenters. The summed E-state index contributed by atoms with van der Waals surface area (Å²) in [7, 11) is 0. The van der Waals surface area contributed by atoms with Gasteiger partial charge in [0.2, 0.25) is 0 Å². The van der Waals surface area contributed by atoms with E-state index in [1.165, 1.54) is 90.9 Å². The summed E-state index contributed by atoms with van der Waals surface area (Å²) >= 11 is 1.97. The normalized spacial score (nSPS) is 15.8. The van der Waals surface area contributed by atoms with E-state index < -0.39 is 0 Å². The van der Waals surface area contributed by atoms with E-state index in [0.717, 1.165) is 18.0 Å². The van der Waals surface area contributed by atoms with Crippen LogP contribution in [0.5, 0.6) is 0 Å². The highest BCUT2D eigenvalue weighted by Gasteiger charge is 2.28. The van der Waals surface area contributed by atoms with Gasteiger partial charge in [0.15, 0.2) is 0 Å². The van der Waals surface area contributed by atoms with Gasteiger partial charge in [-0.25, -0.2) is 0 Å². The molecular weight excluding hydrogens is 454 g/mol. The number of hydrogen-bond acceptors (Lipinski definition) is 2. The molecule has 0 bridgehead atoms. The summed E-state index contributed by atoms with van der Waals surface area (Å²) in [5, 5.41) is 8.25. The van der Waals surface area contributed by atoms with Crippen molar-refractivity contribution in [2.75, 3.05) is 0 Å². The second-order valence-electron chi connectivity index (χ2n) is 12.1. The molecule has 1 aromatic heterocycles. The second-order valence-corrected chi connectivity index (χ2v) is 13.2. The number of rotatable bonds is 3. The number of fused-ring (bicyclic) bond motifs is 5. The van der Waals surface area contributed by atoms with Crippen molar-refractivity contribution in [2.24, 2.45) is 11.3 Å². The molecular formula is C34H33NS. The topological polar surface area (TPSA) is 12.9 Å². The van der Waals surface area contributed by atoms with Crippen LogP contribution in [0.3, 0.4) is 0 Å². The summed E-state index contributed by atoms with van der Waals surface area (Å²) < 4.78 is 0. The molecule has 1 saturated carbocycles. The molecule has 0 amide bonds. The summed E-state index contributed by atoms with van der Waals surface area (Å²) in [4.78, 5) is 7.81. The third-order valence-corrected chi connectivity index (χ3v) is 9.41. The van der Waals surface area contributed by atoms with Crippen LogP contribution in [0.4, 0.5) is 0 Å². The van der Waals surface area contributed by atoms with Crippen LogP contribution in [0, 0.1) is 11.3 Å². The Labute approximate surface area is 218 Å². The van der Waals surface area contributed by atoms with Crippen molar-refractivity contribution in [3.8, 4) is 11.3 Å².